The first-order valence-corrected chi connectivity index (χ1v) is 9.58. The highest BCUT2D eigenvalue weighted by atomic mass is 35.5. The number of hydrogen-bond acceptors (Lipinski definition) is 4. The molecule has 1 aliphatic heterocycles. The molecule has 0 aliphatic carbocycles. The molecule has 0 spiro atoms. The highest BCUT2D eigenvalue weighted by molar-refractivity contribution is 7.80. The van der Waals surface area contributed by atoms with E-state index in [9.17, 15) is 4.79 Å². The third-order valence-electron chi connectivity index (χ3n) is 4.18. The summed E-state index contributed by atoms with van der Waals surface area (Å²) >= 11 is 11.3. The molecule has 5 nitrogen and oxygen atoms in total. The van der Waals surface area contributed by atoms with Crippen LogP contribution in [-0.2, 0) is 11.4 Å². The normalized spacial score (nSPS) is 15.5. The highest BCUT2D eigenvalue weighted by Crippen LogP contribution is 2.23. The summed E-state index contributed by atoms with van der Waals surface area (Å²) in [5.41, 5.74) is 1.37. The number of carbonyl (C=O) groups is 1. The Balaban J connectivity index is 1.63. The van der Waals surface area contributed by atoms with Gasteiger partial charge >= 0.3 is 0 Å². The number of halogens is 1. The Morgan fingerprint density at radius 2 is 2.15 bits per heavy atom. The molecule has 0 saturated carbocycles. The number of hydrogen-bond donors (Lipinski definition) is 1. The van der Waals surface area contributed by atoms with Crippen LogP contribution in [0.3, 0.4) is 0 Å². The number of furan rings is 1. The van der Waals surface area contributed by atoms with Crippen LogP contribution in [-0.4, -0.2) is 22.5 Å². The Kier molecular flexibility index (Phi) is 6.19. The molecular weight excluding hydrogens is 384 g/mol. The van der Waals surface area contributed by atoms with E-state index in [1.807, 2.05) is 25.1 Å². The van der Waals surface area contributed by atoms with Crippen LogP contribution in [0.4, 0.5) is 0 Å². The highest BCUT2D eigenvalue weighted by Gasteiger charge is 2.30. The fourth-order valence-electron chi connectivity index (χ4n) is 2.64. The van der Waals surface area contributed by atoms with Gasteiger partial charge in [0.2, 0.25) is 0 Å². The Labute approximate surface area is 168 Å². The Hall–Kier alpha value is -2.31. The summed E-state index contributed by atoms with van der Waals surface area (Å²) in [5, 5.41) is 4.10. The Morgan fingerprint density at radius 3 is 2.89 bits per heavy atom. The van der Waals surface area contributed by atoms with Crippen LogP contribution in [0.5, 0.6) is 5.75 Å². The lowest BCUT2D eigenvalue weighted by atomic mass is 10.2. The molecule has 0 bridgehead atoms. The minimum absolute atomic E-state index is 0.126. The van der Waals surface area contributed by atoms with Gasteiger partial charge < -0.3 is 14.5 Å². The van der Waals surface area contributed by atoms with Gasteiger partial charge in [-0.3, -0.25) is 9.69 Å². The number of unbranched alkanes of at least 4 members (excludes halogenated alkanes) is 1. The van der Waals surface area contributed by atoms with Crippen LogP contribution >= 0.6 is 23.8 Å². The zero-order valence-corrected chi connectivity index (χ0v) is 16.8. The van der Waals surface area contributed by atoms with Crippen molar-refractivity contribution >= 4 is 40.9 Å². The fraction of sp³-hybridized carbons (Fsp3) is 0.300. The maximum Gasteiger partial charge on any atom is 0.276 e. The second-order valence-electron chi connectivity index (χ2n) is 6.30. The van der Waals surface area contributed by atoms with Gasteiger partial charge in [0.05, 0.1) is 0 Å². The SMILES string of the molecule is CCCCN1C(=O)/C(=C\c2ccc(COc3ccc(Cl)c(C)c3)o2)NC1=S. The molecule has 1 aliphatic rings. The second-order valence-corrected chi connectivity index (χ2v) is 7.10. The zero-order chi connectivity index (χ0) is 19.4. The third kappa shape index (κ3) is 4.70. The summed E-state index contributed by atoms with van der Waals surface area (Å²) in [5.74, 6) is 1.82. The first-order valence-electron chi connectivity index (χ1n) is 8.80. The summed E-state index contributed by atoms with van der Waals surface area (Å²) in [6.07, 6.45) is 3.57. The van der Waals surface area contributed by atoms with E-state index in [0.717, 1.165) is 24.2 Å². The standard InChI is InChI=1S/C20H21ClN2O3S/c1-3-4-9-23-19(24)18(22-20(23)27)11-15-5-6-16(26-15)12-25-14-7-8-17(21)13(2)10-14/h5-8,10-11H,3-4,9,12H2,1-2H3,(H,22,27)/b18-11+. The van der Waals surface area contributed by atoms with Gasteiger partial charge in [-0.25, -0.2) is 0 Å². The lowest BCUT2D eigenvalue weighted by molar-refractivity contribution is -0.122. The molecule has 1 amide bonds. The maximum atomic E-state index is 12.4. The van der Waals surface area contributed by atoms with Crippen molar-refractivity contribution in [2.45, 2.75) is 33.3 Å². The van der Waals surface area contributed by atoms with E-state index >= 15 is 0 Å². The van der Waals surface area contributed by atoms with Crippen LogP contribution in [0.1, 0.15) is 36.8 Å². The van der Waals surface area contributed by atoms with Crippen LogP contribution < -0.4 is 10.1 Å². The molecule has 3 rings (SSSR count). The third-order valence-corrected chi connectivity index (χ3v) is 4.92. The van der Waals surface area contributed by atoms with E-state index < -0.39 is 0 Å². The molecule has 27 heavy (non-hydrogen) atoms. The van der Waals surface area contributed by atoms with Gasteiger partial charge in [-0.1, -0.05) is 24.9 Å². The van der Waals surface area contributed by atoms with E-state index in [1.165, 1.54) is 0 Å². The first-order chi connectivity index (χ1) is 13.0. The summed E-state index contributed by atoms with van der Waals surface area (Å²) in [6, 6.07) is 9.11. The van der Waals surface area contributed by atoms with Crippen LogP contribution in [0.25, 0.3) is 6.08 Å². The van der Waals surface area contributed by atoms with Crippen molar-refractivity contribution in [1.29, 1.82) is 0 Å². The molecule has 0 atom stereocenters. The van der Waals surface area contributed by atoms with Gasteiger partial charge in [0.25, 0.3) is 5.91 Å². The molecule has 1 N–H and O–H groups in total. The minimum atomic E-state index is -0.126. The number of nitrogens with zero attached hydrogens (tertiary/aromatic N) is 1. The van der Waals surface area contributed by atoms with Crippen LogP contribution in [0.2, 0.25) is 5.02 Å². The van der Waals surface area contributed by atoms with Crippen molar-refractivity contribution < 1.29 is 13.9 Å². The zero-order valence-electron chi connectivity index (χ0n) is 15.3. The average Bonchev–Trinajstić information content (AvgIpc) is 3.19. The molecular formula is C20H21ClN2O3S. The average molecular weight is 405 g/mol. The van der Waals surface area contributed by atoms with Crippen molar-refractivity contribution in [3.8, 4) is 5.75 Å². The van der Waals surface area contributed by atoms with Crippen molar-refractivity contribution in [3.63, 3.8) is 0 Å². The first kappa shape index (κ1) is 19.5. The van der Waals surface area contributed by atoms with Crippen molar-refractivity contribution in [3.05, 3.63) is 58.1 Å². The van der Waals surface area contributed by atoms with E-state index in [-0.39, 0.29) is 12.5 Å². The monoisotopic (exact) mass is 404 g/mol. The number of carbonyl (C=O) groups excluding carboxylic acids is 1. The maximum absolute atomic E-state index is 12.4. The number of thiocarbonyl (C=S) groups is 1. The number of nitrogens with one attached hydrogen (secondary N) is 1. The molecule has 0 unspecified atom stereocenters. The molecule has 1 aromatic heterocycles. The lowest BCUT2D eigenvalue weighted by Crippen LogP contribution is -2.31. The predicted octanol–water partition coefficient (Wildman–Crippen LogP) is 4.68. The molecule has 1 aromatic carbocycles. The van der Waals surface area contributed by atoms with Crippen LogP contribution in [0.15, 0.2) is 40.4 Å². The van der Waals surface area contributed by atoms with Gasteiger partial charge in [0.15, 0.2) is 5.11 Å². The van der Waals surface area contributed by atoms with Crippen molar-refractivity contribution in [2.75, 3.05) is 6.54 Å². The van der Waals surface area contributed by atoms with Gasteiger partial charge in [-0.05, 0) is 61.5 Å². The quantitative estimate of drug-likeness (QED) is 0.536. The number of benzene rings is 1. The van der Waals surface area contributed by atoms with E-state index in [1.54, 1.807) is 23.1 Å². The summed E-state index contributed by atoms with van der Waals surface area (Å²) < 4.78 is 11.5. The lowest BCUT2D eigenvalue weighted by Gasteiger charge is -2.12. The number of ether oxygens (including phenoxy) is 1. The van der Waals surface area contributed by atoms with Gasteiger partial charge in [0, 0.05) is 17.6 Å². The largest absolute Gasteiger partial charge is 0.486 e. The van der Waals surface area contributed by atoms with Crippen molar-refractivity contribution in [2.24, 2.45) is 0 Å². The van der Waals surface area contributed by atoms with E-state index in [2.05, 4.69) is 12.2 Å². The molecule has 1 saturated heterocycles. The molecule has 1 fully saturated rings. The summed E-state index contributed by atoms with van der Waals surface area (Å²) in [4.78, 5) is 14.0. The summed E-state index contributed by atoms with van der Waals surface area (Å²) in [6.45, 7) is 4.90. The molecule has 7 heteroatoms. The second kappa shape index (κ2) is 8.59. The van der Waals surface area contributed by atoms with Crippen molar-refractivity contribution in [1.82, 2.24) is 10.2 Å². The predicted molar refractivity (Wildman–Crippen MR) is 110 cm³/mol. The Morgan fingerprint density at radius 1 is 1.33 bits per heavy atom. The van der Waals surface area contributed by atoms with Gasteiger partial charge in [-0.2, -0.15) is 0 Å². The number of amides is 1. The van der Waals surface area contributed by atoms with Gasteiger partial charge in [-0.15, -0.1) is 0 Å². The minimum Gasteiger partial charge on any atom is -0.486 e. The summed E-state index contributed by atoms with van der Waals surface area (Å²) in [7, 11) is 0. The topological polar surface area (TPSA) is 54.7 Å². The molecule has 0 radical (unpaired) electrons. The van der Waals surface area contributed by atoms with E-state index in [4.69, 9.17) is 33.0 Å². The van der Waals surface area contributed by atoms with E-state index in [0.29, 0.717) is 33.9 Å². The number of aryl methyl sites for hydroxylation is 1. The molecule has 142 valence electrons. The Bertz CT molecular complexity index is 891. The molecule has 2 aromatic rings. The molecule has 2 heterocycles. The fourth-order valence-corrected chi connectivity index (χ4v) is 3.05. The van der Waals surface area contributed by atoms with Crippen LogP contribution in [0, 0.1) is 6.92 Å². The van der Waals surface area contributed by atoms with Gasteiger partial charge in [0.1, 0.15) is 29.6 Å². The smallest absolute Gasteiger partial charge is 0.276 e. The number of rotatable bonds is 7.